The number of nitro groups is 1. The number of carbonyl (C=O) groups excluding carboxylic acids is 1. The SMILES string of the molecule is CO[C@H]1O[C@@H](COC(=O)c2ccc([N+](=O)[O-])cc2)[C@@H]2O[C@H]12. The Labute approximate surface area is 119 Å². The van der Waals surface area contributed by atoms with Crippen molar-refractivity contribution >= 4 is 11.7 Å². The first-order chi connectivity index (χ1) is 10.1. The lowest BCUT2D eigenvalue weighted by atomic mass is 10.2. The van der Waals surface area contributed by atoms with Crippen LogP contribution in [-0.2, 0) is 18.9 Å². The smallest absolute Gasteiger partial charge is 0.338 e. The number of ether oxygens (including phenoxy) is 4. The Morgan fingerprint density at radius 1 is 1.29 bits per heavy atom. The standard InChI is InChI=1S/C13H13NO7/c1-18-13-11-10(21-11)9(20-13)6-19-12(15)7-2-4-8(5-3-7)14(16)17/h2-5,9-11,13H,6H2,1H3/t9-,10-,11-,13-/m0/s1. The van der Waals surface area contributed by atoms with Crippen LogP contribution in [0.2, 0.25) is 0 Å². The second-order valence-corrected chi connectivity index (χ2v) is 4.75. The van der Waals surface area contributed by atoms with Crippen molar-refractivity contribution in [1.82, 2.24) is 0 Å². The highest BCUT2D eigenvalue weighted by Gasteiger charge is 2.58. The lowest BCUT2D eigenvalue weighted by Crippen LogP contribution is -2.26. The molecular formula is C13H13NO7. The van der Waals surface area contributed by atoms with Gasteiger partial charge in [0.15, 0.2) is 6.29 Å². The molecular weight excluding hydrogens is 282 g/mol. The highest BCUT2D eigenvalue weighted by Crippen LogP contribution is 2.39. The minimum atomic E-state index is -0.563. The topological polar surface area (TPSA) is 100 Å². The third kappa shape index (κ3) is 2.73. The van der Waals surface area contributed by atoms with E-state index in [1.807, 2.05) is 0 Å². The van der Waals surface area contributed by atoms with E-state index in [0.29, 0.717) is 0 Å². The number of hydrogen-bond acceptors (Lipinski definition) is 7. The molecule has 8 nitrogen and oxygen atoms in total. The molecule has 0 N–H and O–H groups in total. The molecule has 1 aromatic carbocycles. The van der Waals surface area contributed by atoms with Gasteiger partial charge in [-0.15, -0.1) is 0 Å². The molecule has 21 heavy (non-hydrogen) atoms. The molecule has 4 atom stereocenters. The summed E-state index contributed by atoms with van der Waals surface area (Å²) in [6, 6.07) is 5.21. The summed E-state index contributed by atoms with van der Waals surface area (Å²) in [6.45, 7) is 0.0524. The van der Waals surface area contributed by atoms with Crippen LogP contribution in [0.1, 0.15) is 10.4 Å². The van der Waals surface area contributed by atoms with E-state index >= 15 is 0 Å². The number of carbonyl (C=O) groups is 1. The number of nitrogens with zero attached hydrogens (tertiary/aromatic N) is 1. The van der Waals surface area contributed by atoms with Crippen molar-refractivity contribution in [3.63, 3.8) is 0 Å². The van der Waals surface area contributed by atoms with E-state index in [4.69, 9.17) is 18.9 Å². The van der Waals surface area contributed by atoms with E-state index in [2.05, 4.69) is 0 Å². The summed E-state index contributed by atoms with van der Waals surface area (Å²) < 4.78 is 21.0. The fourth-order valence-corrected chi connectivity index (χ4v) is 2.27. The monoisotopic (exact) mass is 295 g/mol. The van der Waals surface area contributed by atoms with Gasteiger partial charge in [0.1, 0.15) is 24.9 Å². The van der Waals surface area contributed by atoms with Gasteiger partial charge in [0.25, 0.3) is 5.69 Å². The van der Waals surface area contributed by atoms with Crippen LogP contribution in [0.4, 0.5) is 5.69 Å². The Morgan fingerprint density at radius 3 is 2.57 bits per heavy atom. The van der Waals surface area contributed by atoms with Gasteiger partial charge in [-0.3, -0.25) is 10.1 Å². The number of hydrogen-bond donors (Lipinski definition) is 0. The molecule has 2 saturated heterocycles. The molecule has 0 aliphatic carbocycles. The van der Waals surface area contributed by atoms with E-state index < -0.39 is 17.2 Å². The zero-order valence-corrected chi connectivity index (χ0v) is 11.1. The van der Waals surface area contributed by atoms with E-state index in [1.165, 1.54) is 31.4 Å². The van der Waals surface area contributed by atoms with Crippen molar-refractivity contribution < 1.29 is 28.7 Å². The van der Waals surface area contributed by atoms with Crippen LogP contribution in [0.3, 0.4) is 0 Å². The minimum absolute atomic E-state index is 0.0524. The van der Waals surface area contributed by atoms with E-state index in [9.17, 15) is 14.9 Å². The fraction of sp³-hybridized carbons (Fsp3) is 0.462. The number of non-ortho nitro benzene ring substituents is 1. The quantitative estimate of drug-likeness (QED) is 0.344. The van der Waals surface area contributed by atoms with Crippen LogP contribution in [0.5, 0.6) is 0 Å². The van der Waals surface area contributed by atoms with E-state index in [-0.39, 0.29) is 36.2 Å². The third-order valence-corrected chi connectivity index (χ3v) is 3.43. The van der Waals surface area contributed by atoms with Gasteiger partial charge in [-0.25, -0.2) is 4.79 Å². The molecule has 3 rings (SSSR count). The highest BCUT2D eigenvalue weighted by atomic mass is 16.8. The van der Waals surface area contributed by atoms with Crippen LogP contribution in [0.25, 0.3) is 0 Å². The van der Waals surface area contributed by atoms with Crippen molar-refractivity contribution in [3.8, 4) is 0 Å². The normalized spacial score (nSPS) is 29.8. The molecule has 0 radical (unpaired) electrons. The fourth-order valence-electron chi connectivity index (χ4n) is 2.27. The first kappa shape index (κ1) is 13.9. The van der Waals surface area contributed by atoms with Gasteiger partial charge >= 0.3 is 5.97 Å². The zero-order valence-electron chi connectivity index (χ0n) is 11.1. The van der Waals surface area contributed by atoms with Crippen LogP contribution in [0, 0.1) is 10.1 Å². The van der Waals surface area contributed by atoms with Gasteiger partial charge in [-0.05, 0) is 12.1 Å². The molecule has 112 valence electrons. The van der Waals surface area contributed by atoms with E-state index in [0.717, 1.165) is 0 Å². The van der Waals surface area contributed by atoms with Gasteiger partial charge in [-0.1, -0.05) is 0 Å². The maximum Gasteiger partial charge on any atom is 0.338 e. The Balaban J connectivity index is 1.54. The molecule has 2 aliphatic rings. The molecule has 8 heteroatoms. The Morgan fingerprint density at radius 2 is 2.00 bits per heavy atom. The highest BCUT2D eigenvalue weighted by molar-refractivity contribution is 5.89. The first-order valence-electron chi connectivity index (χ1n) is 6.35. The van der Waals surface area contributed by atoms with Gasteiger partial charge < -0.3 is 18.9 Å². The average molecular weight is 295 g/mol. The molecule has 0 aromatic heterocycles. The zero-order chi connectivity index (χ0) is 15.0. The summed E-state index contributed by atoms with van der Waals surface area (Å²) in [7, 11) is 1.52. The number of rotatable bonds is 5. The molecule has 0 amide bonds. The second-order valence-electron chi connectivity index (χ2n) is 4.75. The lowest BCUT2D eigenvalue weighted by Gasteiger charge is -2.16. The van der Waals surface area contributed by atoms with Gasteiger partial charge in [-0.2, -0.15) is 0 Å². The summed E-state index contributed by atoms with van der Waals surface area (Å²) in [4.78, 5) is 21.8. The largest absolute Gasteiger partial charge is 0.459 e. The summed E-state index contributed by atoms with van der Waals surface area (Å²) >= 11 is 0. The van der Waals surface area contributed by atoms with Crippen molar-refractivity contribution in [3.05, 3.63) is 39.9 Å². The van der Waals surface area contributed by atoms with Crippen LogP contribution >= 0.6 is 0 Å². The lowest BCUT2D eigenvalue weighted by molar-refractivity contribution is -0.384. The van der Waals surface area contributed by atoms with Crippen LogP contribution < -0.4 is 0 Å². The Hall–Kier alpha value is -2.03. The predicted molar refractivity (Wildman–Crippen MR) is 67.7 cm³/mol. The van der Waals surface area contributed by atoms with Crippen molar-refractivity contribution in [2.45, 2.75) is 24.6 Å². The maximum absolute atomic E-state index is 11.8. The summed E-state index contributed by atoms with van der Waals surface area (Å²) in [5.74, 6) is -0.563. The van der Waals surface area contributed by atoms with Crippen LogP contribution in [0.15, 0.2) is 24.3 Å². The van der Waals surface area contributed by atoms with Crippen LogP contribution in [-0.4, -0.2) is 49.2 Å². The molecule has 2 heterocycles. The number of nitro benzene ring substituents is 1. The number of methoxy groups -OCH3 is 1. The number of epoxide rings is 1. The van der Waals surface area contributed by atoms with Crippen molar-refractivity contribution in [2.75, 3.05) is 13.7 Å². The maximum atomic E-state index is 11.8. The summed E-state index contributed by atoms with van der Waals surface area (Å²) in [5.41, 5.74) is 0.165. The Bertz CT molecular complexity index is 558. The molecule has 2 fully saturated rings. The molecule has 0 spiro atoms. The molecule has 1 aromatic rings. The molecule has 0 bridgehead atoms. The number of esters is 1. The predicted octanol–water partition coefficient (Wildman–Crippen LogP) is 0.890. The third-order valence-electron chi connectivity index (χ3n) is 3.43. The molecule has 0 unspecified atom stereocenters. The number of fused-ring (bicyclic) bond motifs is 1. The number of benzene rings is 1. The average Bonchev–Trinajstić information content (AvgIpc) is 3.21. The minimum Gasteiger partial charge on any atom is -0.459 e. The van der Waals surface area contributed by atoms with Crippen molar-refractivity contribution in [1.29, 1.82) is 0 Å². The van der Waals surface area contributed by atoms with Crippen molar-refractivity contribution in [2.24, 2.45) is 0 Å². The first-order valence-corrected chi connectivity index (χ1v) is 6.35. The summed E-state index contributed by atoms with van der Waals surface area (Å²) in [6.07, 6.45) is -0.947. The Kier molecular flexibility index (Phi) is 3.58. The second kappa shape index (κ2) is 5.40. The molecule has 2 aliphatic heterocycles. The molecule has 0 saturated carbocycles. The van der Waals surface area contributed by atoms with E-state index in [1.54, 1.807) is 0 Å². The van der Waals surface area contributed by atoms with Gasteiger partial charge in [0.2, 0.25) is 0 Å². The van der Waals surface area contributed by atoms with Gasteiger partial charge in [0, 0.05) is 19.2 Å². The summed E-state index contributed by atoms with van der Waals surface area (Å²) in [5, 5.41) is 10.5. The van der Waals surface area contributed by atoms with Gasteiger partial charge in [0.05, 0.1) is 10.5 Å².